The number of ether oxygens (including phenoxy) is 2. The number of esters is 2. The van der Waals surface area contributed by atoms with E-state index in [0.717, 1.165) is 19.3 Å². The maximum absolute atomic E-state index is 13.7. The number of rotatable bonds is 12. The summed E-state index contributed by atoms with van der Waals surface area (Å²) in [6.45, 7) is 13.3. The minimum Gasteiger partial charge on any atom is -0.467 e. The van der Waals surface area contributed by atoms with Gasteiger partial charge < -0.3 is 14.8 Å². The molecule has 0 aliphatic heterocycles. The summed E-state index contributed by atoms with van der Waals surface area (Å²) in [6, 6.07) is -0.802. The molecule has 1 N–H and O–H groups in total. The van der Waals surface area contributed by atoms with Gasteiger partial charge in [-0.25, -0.2) is 9.59 Å². The lowest BCUT2D eigenvalue weighted by Crippen LogP contribution is -2.53. The number of methoxy groups -OCH3 is 1. The van der Waals surface area contributed by atoms with Crippen molar-refractivity contribution in [1.82, 2.24) is 5.32 Å². The number of carbonyl (C=O) groups is 5. The van der Waals surface area contributed by atoms with Gasteiger partial charge >= 0.3 is 11.9 Å². The number of carbonyl (C=O) groups excluding carboxylic acids is 5. The number of amides is 1. The molecule has 0 radical (unpaired) electrons. The number of hydrogen-bond donors (Lipinski definition) is 1. The Kier molecular flexibility index (Phi) is 12.1. The van der Waals surface area contributed by atoms with Gasteiger partial charge in [0.15, 0.2) is 5.78 Å². The van der Waals surface area contributed by atoms with Crippen molar-refractivity contribution in [3.8, 4) is 0 Å². The molecule has 1 amide bonds. The molecule has 2 aliphatic rings. The van der Waals surface area contributed by atoms with Crippen molar-refractivity contribution in [1.29, 1.82) is 0 Å². The van der Waals surface area contributed by atoms with E-state index in [1.54, 1.807) is 13.8 Å². The third-order valence-corrected chi connectivity index (χ3v) is 8.22. The molecule has 8 nitrogen and oxygen atoms in total. The van der Waals surface area contributed by atoms with Crippen LogP contribution in [0.2, 0.25) is 0 Å². The zero-order chi connectivity index (χ0) is 30.2. The lowest BCUT2D eigenvalue weighted by Gasteiger charge is -2.48. The quantitative estimate of drug-likeness (QED) is 0.199. The number of allylic oxidation sites excluding steroid dienone is 4. The van der Waals surface area contributed by atoms with Crippen LogP contribution in [0.5, 0.6) is 0 Å². The summed E-state index contributed by atoms with van der Waals surface area (Å²) in [5, 5.41) is 2.88. The maximum atomic E-state index is 13.7. The second kappa shape index (κ2) is 14.6. The summed E-state index contributed by atoms with van der Waals surface area (Å²) in [4.78, 5) is 63.9. The Morgan fingerprint density at radius 3 is 2.42 bits per heavy atom. The molecule has 0 heterocycles. The van der Waals surface area contributed by atoms with Gasteiger partial charge in [0.05, 0.1) is 7.11 Å². The molecule has 8 heteroatoms. The zero-order valence-electron chi connectivity index (χ0n) is 25.4. The molecule has 0 aromatic heterocycles. The van der Waals surface area contributed by atoms with E-state index >= 15 is 0 Å². The van der Waals surface area contributed by atoms with Crippen LogP contribution in [-0.2, 0) is 33.4 Å². The van der Waals surface area contributed by atoms with Gasteiger partial charge in [0.1, 0.15) is 18.4 Å². The highest BCUT2D eigenvalue weighted by molar-refractivity contribution is 6.09. The SMILES string of the molecule is CCCCC(C)/C=C(\C)C(=O)O[C@@H]1CC[C@H](C(=O)N[C@@H](CC(C)C)C(=O)OC)[C@@]2(C)C/C(=C(/C)C=O)C(=O)C=C12. The molecule has 0 spiro atoms. The number of ketones is 1. The largest absolute Gasteiger partial charge is 0.467 e. The number of nitrogens with one attached hydrogen (secondary N) is 1. The molecule has 1 saturated carbocycles. The Hall–Kier alpha value is -3.03. The van der Waals surface area contributed by atoms with Crippen LogP contribution in [-0.4, -0.2) is 49.2 Å². The number of aldehydes is 1. The fraction of sp³-hybridized carbons (Fsp3) is 0.656. The summed E-state index contributed by atoms with van der Waals surface area (Å²) < 4.78 is 10.9. The lowest BCUT2D eigenvalue weighted by atomic mass is 9.57. The van der Waals surface area contributed by atoms with E-state index in [4.69, 9.17) is 9.47 Å². The monoisotopic (exact) mass is 557 g/mol. The molecule has 1 fully saturated rings. The van der Waals surface area contributed by atoms with Crippen LogP contribution in [0.4, 0.5) is 0 Å². The molecule has 5 atom stereocenters. The smallest absolute Gasteiger partial charge is 0.333 e. The molecule has 2 rings (SSSR count). The van der Waals surface area contributed by atoms with Crippen molar-refractivity contribution in [3.05, 3.63) is 34.4 Å². The average molecular weight is 558 g/mol. The van der Waals surface area contributed by atoms with Gasteiger partial charge in [-0.3, -0.25) is 14.4 Å². The van der Waals surface area contributed by atoms with Crippen LogP contribution in [0, 0.1) is 23.2 Å². The zero-order valence-corrected chi connectivity index (χ0v) is 25.4. The average Bonchev–Trinajstić information content (AvgIpc) is 2.90. The fourth-order valence-corrected chi connectivity index (χ4v) is 5.90. The highest BCUT2D eigenvalue weighted by Gasteiger charge is 2.52. The highest BCUT2D eigenvalue weighted by atomic mass is 16.5. The molecule has 0 bridgehead atoms. The molecule has 0 saturated heterocycles. The van der Waals surface area contributed by atoms with Crippen molar-refractivity contribution >= 4 is 29.9 Å². The predicted molar refractivity (Wildman–Crippen MR) is 153 cm³/mol. The van der Waals surface area contributed by atoms with Crippen molar-refractivity contribution in [2.45, 2.75) is 106 Å². The normalized spacial score (nSPS) is 25.8. The topological polar surface area (TPSA) is 116 Å². The van der Waals surface area contributed by atoms with E-state index in [2.05, 4.69) is 19.2 Å². The molecular weight excluding hydrogens is 510 g/mol. The molecule has 0 aromatic carbocycles. The second-order valence-electron chi connectivity index (χ2n) is 12.0. The van der Waals surface area contributed by atoms with Gasteiger partial charge in [0.2, 0.25) is 5.91 Å². The lowest BCUT2D eigenvalue weighted by molar-refractivity contribution is -0.149. The molecule has 0 aromatic rings. The molecule has 2 aliphatic carbocycles. The van der Waals surface area contributed by atoms with E-state index in [0.29, 0.717) is 47.8 Å². The van der Waals surface area contributed by atoms with Crippen LogP contribution >= 0.6 is 0 Å². The first kappa shape index (κ1) is 33.2. The van der Waals surface area contributed by atoms with Crippen molar-refractivity contribution in [2.75, 3.05) is 7.11 Å². The van der Waals surface area contributed by atoms with E-state index in [-0.39, 0.29) is 29.9 Å². The summed E-state index contributed by atoms with van der Waals surface area (Å²) in [7, 11) is 1.29. The Morgan fingerprint density at radius 2 is 1.85 bits per heavy atom. The van der Waals surface area contributed by atoms with Crippen molar-refractivity contribution < 1.29 is 33.4 Å². The number of unbranched alkanes of at least 4 members (excludes halogenated alkanes) is 1. The van der Waals surface area contributed by atoms with Crippen LogP contribution in [0.1, 0.15) is 93.4 Å². The van der Waals surface area contributed by atoms with Crippen LogP contribution in [0.25, 0.3) is 0 Å². The highest BCUT2D eigenvalue weighted by Crippen LogP contribution is 2.53. The van der Waals surface area contributed by atoms with Gasteiger partial charge in [-0.1, -0.05) is 53.5 Å². The third kappa shape index (κ3) is 8.01. The molecule has 40 heavy (non-hydrogen) atoms. The minimum absolute atomic E-state index is 0.142. The van der Waals surface area contributed by atoms with E-state index < -0.39 is 35.4 Å². The van der Waals surface area contributed by atoms with Crippen LogP contribution in [0.3, 0.4) is 0 Å². The summed E-state index contributed by atoms with van der Waals surface area (Å²) in [6.07, 6.45) is 7.78. The van der Waals surface area contributed by atoms with Gasteiger partial charge in [0, 0.05) is 22.5 Å². The standard InChI is InChI=1S/C32H47NO7/c1-9-10-11-20(4)15-21(5)30(37)40-28-13-12-24(29(36)33-26(14-19(2)3)31(38)39-8)32(7)17-23(22(6)18-34)27(35)16-25(28)32/h15-16,18-20,24,26,28H,9-14,17H2,1-8H3,(H,33,36)/b21-15+,23-22+/t20?,24-,26+,28-,32-/m1/s1. The molecular formula is C32H47NO7. The first-order chi connectivity index (χ1) is 18.8. The van der Waals surface area contributed by atoms with Crippen LogP contribution in [0.15, 0.2) is 34.4 Å². The van der Waals surface area contributed by atoms with E-state index in [1.807, 2.05) is 26.8 Å². The molecule has 222 valence electrons. The third-order valence-electron chi connectivity index (χ3n) is 8.22. The number of hydrogen-bond acceptors (Lipinski definition) is 7. The van der Waals surface area contributed by atoms with Crippen LogP contribution < -0.4 is 5.32 Å². The van der Waals surface area contributed by atoms with Gasteiger partial charge in [-0.2, -0.15) is 0 Å². The maximum Gasteiger partial charge on any atom is 0.333 e. The van der Waals surface area contributed by atoms with E-state index in [9.17, 15) is 24.0 Å². The first-order valence-electron chi connectivity index (χ1n) is 14.5. The summed E-state index contributed by atoms with van der Waals surface area (Å²) in [5.41, 5.74) is 0.848. The molecule has 1 unspecified atom stereocenters. The Balaban J connectivity index is 2.42. The van der Waals surface area contributed by atoms with Gasteiger partial charge in [-0.05, 0) is 75.0 Å². The van der Waals surface area contributed by atoms with E-state index in [1.165, 1.54) is 13.2 Å². The minimum atomic E-state index is -0.897. The van der Waals surface area contributed by atoms with Crippen molar-refractivity contribution in [2.24, 2.45) is 23.2 Å². The summed E-state index contributed by atoms with van der Waals surface area (Å²) in [5.74, 6) is -1.83. The Bertz CT molecular complexity index is 1080. The van der Waals surface area contributed by atoms with Gasteiger partial charge in [-0.15, -0.1) is 0 Å². The summed E-state index contributed by atoms with van der Waals surface area (Å²) >= 11 is 0. The van der Waals surface area contributed by atoms with Crippen molar-refractivity contribution in [3.63, 3.8) is 0 Å². The first-order valence-corrected chi connectivity index (χ1v) is 14.5. The fourth-order valence-electron chi connectivity index (χ4n) is 5.90. The number of fused-ring (bicyclic) bond motifs is 1. The Morgan fingerprint density at radius 1 is 1.18 bits per heavy atom. The Labute approximate surface area is 239 Å². The second-order valence-corrected chi connectivity index (χ2v) is 12.0. The predicted octanol–water partition coefficient (Wildman–Crippen LogP) is 5.21. The van der Waals surface area contributed by atoms with Gasteiger partial charge in [0.25, 0.3) is 0 Å².